The van der Waals surface area contributed by atoms with E-state index in [0.29, 0.717) is 12.4 Å². The number of hydrogen-bond donors (Lipinski definition) is 2. The van der Waals surface area contributed by atoms with Gasteiger partial charge in [0.15, 0.2) is 0 Å². The van der Waals surface area contributed by atoms with E-state index in [1.165, 1.54) is 6.20 Å². The molecular weight excluding hydrogens is 262 g/mol. The van der Waals surface area contributed by atoms with Gasteiger partial charge >= 0.3 is 0 Å². The fourth-order valence-electron chi connectivity index (χ4n) is 1.67. The molecule has 0 aliphatic heterocycles. The fraction of sp³-hybridized carbons (Fsp3) is 0.615. The number of anilines is 1. The molecule has 6 heteroatoms. The number of pyridine rings is 1. The molecule has 1 rings (SSSR count). The van der Waals surface area contributed by atoms with Gasteiger partial charge in [-0.3, -0.25) is 0 Å². The number of nitrogens with one attached hydrogen (secondary N) is 2. The summed E-state index contributed by atoms with van der Waals surface area (Å²) in [5.74, 6) is 0.685. The van der Waals surface area contributed by atoms with Crippen molar-refractivity contribution in [2.45, 2.75) is 44.4 Å². The van der Waals surface area contributed by atoms with Crippen molar-refractivity contribution in [3.63, 3.8) is 0 Å². The zero-order valence-corrected chi connectivity index (χ0v) is 12.5. The van der Waals surface area contributed by atoms with Crippen LogP contribution in [0.4, 0.5) is 5.82 Å². The van der Waals surface area contributed by atoms with Crippen molar-refractivity contribution < 1.29 is 8.42 Å². The van der Waals surface area contributed by atoms with E-state index in [4.69, 9.17) is 0 Å². The van der Waals surface area contributed by atoms with E-state index in [1.807, 2.05) is 6.92 Å². The van der Waals surface area contributed by atoms with Crippen molar-refractivity contribution in [1.29, 1.82) is 0 Å². The average Bonchev–Trinajstić information content (AvgIpc) is 2.39. The standard InChI is InChI=1S/C13H23N3O2S/c1-3-5-6-7-10-16-19(17,18)12-8-9-13(14-4-2)15-11-12/h8-9,11,16H,3-7,10H2,1-2H3,(H,14,15). The second-order valence-electron chi connectivity index (χ2n) is 4.37. The predicted molar refractivity (Wildman–Crippen MR) is 77.7 cm³/mol. The third-order valence-electron chi connectivity index (χ3n) is 2.73. The van der Waals surface area contributed by atoms with Gasteiger partial charge in [-0.05, 0) is 25.5 Å². The van der Waals surface area contributed by atoms with Crippen LogP contribution in [0.5, 0.6) is 0 Å². The first kappa shape index (κ1) is 15.9. The first-order valence-corrected chi connectivity index (χ1v) is 8.28. The first-order chi connectivity index (χ1) is 9.10. The van der Waals surface area contributed by atoms with E-state index in [2.05, 4.69) is 21.9 Å². The summed E-state index contributed by atoms with van der Waals surface area (Å²) in [4.78, 5) is 4.27. The molecule has 0 amide bonds. The maximum atomic E-state index is 12.0. The maximum absolute atomic E-state index is 12.0. The molecular formula is C13H23N3O2S. The van der Waals surface area contributed by atoms with Crippen LogP contribution in [-0.4, -0.2) is 26.5 Å². The molecule has 0 saturated heterocycles. The second kappa shape index (κ2) is 8.12. The summed E-state index contributed by atoms with van der Waals surface area (Å²) in [5.41, 5.74) is 0. The lowest BCUT2D eigenvalue weighted by molar-refractivity contribution is 0.573. The van der Waals surface area contributed by atoms with Crippen molar-refractivity contribution in [3.8, 4) is 0 Å². The molecule has 0 saturated carbocycles. The number of hydrogen-bond acceptors (Lipinski definition) is 4. The topological polar surface area (TPSA) is 71.1 Å². The van der Waals surface area contributed by atoms with Crippen LogP contribution in [0, 0.1) is 0 Å². The number of rotatable bonds is 9. The molecule has 0 radical (unpaired) electrons. The van der Waals surface area contributed by atoms with Gasteiger partial charge < -0.3 is 5.32 Å². The molecule has 1 heterocycles. The highest BCUT2D eigenvalue weighted by Crippen LogP contribution is 2.10. The zero-order chi connectivity index (χ0) is 14.1. The molecule has 0 aromatic carbocycles. The third kappa shape index (κ3) is 5.57. The van der Waals surface area contributed by atoms with Crippen LogP contribution in [0.1, 0.15) is 39.5 Å². The fourth-order valence-corrected chi connectivity index (χ4v) is 2.68. The Morgan fingerprint density at radius 1 is 1.16 bits per heavy atom. The summed E-state index contributed by atoms with van der Waals surface area (Å²) in [7, 11) is -3.42. The van der Waals surface area contributed by atoms with Crippen LogP contribution < -0.4 is 10.0 Å². The highest BCUT2D eigenvalue weighted by atomic mass is 32.2. The van der Waals surface area contributed by atoms with Gasteiger partial charge in [-0.2, -0.15) is 0 Å². The van der Waals surface area contributed by atoms with Crippen molar-refractivity contribution >= 4 is 15.8 Å². The summed E-state index contributed by atoms with van der Waals surface area (Å²) >= 11 is 0. The first-order valence-electron chi connectivity index (χ1n) is 6.79. The zero-order valence-electron chi connectivity index (χ0n) is 11.6. The minimum Gasteiger partial charge on any atom is -0.370 e. The molecule has 2 N–H and O–H groups in total. The van der Waals surface area contributed by atoms with E-state index in [0.717, 1.165) is 32.2 Å². The van der Waals surface area contributed by atoms with Gasteiger partial charge in [0.05, 0.1) is 0 Å². The SMILES string of the molecule is CCCCCCNS(=O)(=O)c1ccc(NCC)nc1. The van der Waals surface area contributed by atoms with E-state index in [1.54, 1.807) is 12.1 Å². The number of nitrogens with zero attached hydrogens (tertiary/aromatic N) is 1. The minimum absolute atomic E-state index is 0.213. The van der Waals surface area contributed by atoms with E-state index in [-0.39, 0.29) is 4.90 Å². The van der Waals surface area contributed by atoms with Gasteiger partial charge in [0.1, 0.15) is 10.7 Å². The highest BCUT2D eigenvalue weighted by Gasteiger charge is 2.13. The van der Waals surface area contributed by atoms with Crippen LogP contribution in [0.15, 0.2) is 23.2 Å². The molecule has 19 heavy (non-hydrogen) atoms. The molecule has 5 nitrogen and oxygen atoms in total. The molecule has 0 aliphatic rings. The van der Waals surface area contributed by atoms with Crippen LogP contribution in [0.25, 0.3) is 0 Å². The molecule has 0 atom stereocenters. The minimum atomic E-state index is -3.42. The van der Waals surface area contributed by atoms with E-state index >= 15 is 0 Å². The number of sulfonamides is 1. The summed E-state index contributed by atoms with van der Waals surface area (Å²) < 4.78 is 26.5. The van der Waals surface area contributed by atoms with Gasteiger partial charge in [0.25, 0.3) is 0 Å². The van der Waals surface area contributed by atoms with Gasteiger partial charge in [0, 0.05) is 19.3 Å². The summed E-state index contributed by atoms with van der Waals surface area (Å²) in [6.45, 7) is 5.33. The lowest BCUT2D eigenvalue weighted by Gasteiger charge is -2.07. The Hall–Kier alpha value is -1.14. The average molecular weight is 285 g/mol. The van der Waals surface area contributed by atoms with Crippen LogP contribution in [0.2, 0.25) is 0 Å². The Labute approximate surface area is 115 Å². The molecule has 1 aromatic heterocycles. The Morgan fingerprint density at radius 2 is 1.95 bits per heavy atom. The van der Waals surface area contributed by atoms with Crippen molar-refractivity contribution in [2.75, 3.05) is 18.4 Å². The van der Waals surface area contributed by atoms with Crippen molar-refractivity contribution in [1.82, 2.24) is 9.71 Å². The third-order valence-corrected chi connectivity index (χ3v) is 4.17. The van der Waals surface area contributed by atoms with Crippen molar-refractivity contribution in [3.05, 3.63) is 18.3 Å². The Balaban J connectivity index is 2.52. The van der Waals surface area contributed by atoms with Crippen LogP contribution in [0.3, 0.4) is 0 Å². The number of aromatic nitrogens is 1. The molecule has 0 bridgehead atoms. The summed E-state index contributed by atoms with van der Waals surface area (Å²) in [5, 5.41) is 3.03. The predicted octanol–water partition coefficient (Wildman–Crippen LogP) is 2.37. The Kier molecular flexibility index (Phi) is 6.80. The van der Waals surface area contributed by atoms with Gasteiger partial charge in [-0.15, -0.1) is 0 Å². The summed E-state index contributed by atoms with van der Waals surface area (Å²) in [6.07, 6.45) is 5.59. The maximum Gasteiger partial charge on any atom is 0.242 e. The summed E-state index contributed by atoms with van der Waals surface area (Å²) in [6, 6.07) is 3.24. The normalized spacial score (nSPS) is 11.5. The quantitative estimate of drug-likeness (QED) is 0.683. The van der Waals surface area contributed by atoms with E-state index < -0.39 is 10.0 Å². The van der Waals surface area contributed by atoms with Crippen LogP contribution in [-0.2, 0) is 10.0 Å². The van der Waals surface area contributed by atoms with Gasteiger partial charge in [-0.25, -0.2) is 18.1 Å². The molecule has 0 spiro atoms. The lowest BCUT2D eigenvalue weighted by atomic mass is 10.2. The smallest absolute Gasteiger partial charge is 0.242 e. The molecule has 0 unspecified atom stereocenters. The second-order valence-corrected chi connectivity index (χ2v) is 6.13. The monoisotopic (exact) mass is 285 g/mol. The Morgan fingerprint density at radius 3 is 2.53 bits per heavy atom. The van der Waals surface area contributed by atoms with Gasteiger partial charge in [0.2, 0.25) is 10.0 Å². The van der Waals surface area contributed by atoms with Crippen molar-refractivity contribution in [2.24, 2.45) is 0 Å². The van der Waals surface area contributed by atoms with Gasteiger partial charge in [-0.1, -0.05) is 26.2 Å². The molecule has 0 aliphatic carbocycles. The molecule has 108 valence electrons. The highest BCUT2D eigenvalue weighted by molar-refractivity contribution is 7.89. The largest absolute Gasteiger partial charge is 0.370 e. The molecule has 1 aromatic rings. The Bertz CT molecular complexity index is 457. The van der Waals surface area contributed by atoms with E-state index in [9.17, 15) is 8.42 Å². The molecule has 0 fully saturated rings. The number of unbranched alkanes of at least 4 members (excludes halogenated alkanes) is 3. The lowest BCUT2D eigenvalue weighted by Crippen LogP contribution is -2.25. The van der Waals surface area contributed by atoms with Crippen LogP contribution >= 0.6 is 0 Å².